The molecule has 0 aliphatic carbocycles. The zero-order chi connectivity index (χ0) is 12.8. The number of pyridine rings is 1. The molecular weight excluding hydrogens is 244 g/mol. The van der Waals surface area contributed by atoms with Crippen molar-refractivity contribution in [3.63, 3.8) is 0 Å². The van der Waals surface area contributed by atoms with E-state index < -0.39 is 0 Å². The molecular formula is C14H10N2OS. The summed E-state index contributed by atoms with van der Waals surface area (Å²) in [6.45, 7) is 0. The SMILES string of the molecule is N#Cc1cc(CSc2cccc(C=O)c2)ccn1. The van der Waals surface area contributed by atoms with E-state index in [0.29, 0.717) is 11.3 Å². The lowest BCUT2D eigenvalue weighted by Gasteiger charge is -2.02. The van der Waals surface area contributed by atoms with Crippen LogP contribution in [-0.2, 0) is 5.75 Å². The van der Waals surface area contributed by atoms with Crippen molar-refractivity contribution in [1.29, 1.82) is 5.26 Å². The molecule has 18 heavy (non-hydrogen) atoms. The lowest BCUT2D eigenvalue weighted by molar-refractivity contribution is 0.112. The molecule has 1 heterocycles. The summed E-state index contributed by atoms with van der Waals surface area (Å²) < 4.78 is 0. The van der Waals surface area contributed by atoms with Gasteiger partial charge in [0, 0.05) is 22.4 Å². The van der Waals surface area contributed by atoms with Crippen LogP contribution in [0.15, 0.2) is 47.5 Å². The summed E-state index contributed by atoms with van der Waals surface area (Å²) in [5.41, 5.74) is 2.14. The number of benzene rings is 1. The lowest BCUT2D eigenvalue weighted by Crippen LogP contribution is -1.87. The summed E-state index contributed by atoms with van der Waals surface area (Å²) in [4.78, 5) is 15.6. The summed E-state index contributed by atoms with van der Waals surface area (Å²) in [6.07, 6.45) is 2.47. The Morgan fingerprint density at radius 2 is 2.22 bits per heavy atom. The van der Waals surface area contributed by atoms with Gasteiger partial charge in [0.25, 0.3) is 0 Å². The van der Waals surface area contributed by atoms with Crippen LogP contribution in [0.3, 0.4) is 0 Å². The predicted octanol–water partition coefficient (Wildman–Crippen LogP) is 3.06. The molecule has 3 nitrogen and oxygen atoms in total. The lowest BCUT2D eigenvalue weighted by atomic mass is 10.2. The highest BCUT2D eigenvalue weighted by Gasteiger charge is 1.99. The maximum absolute atomic E-state index is 10.7. The van der Waals surface area contributed by atoms with E-state index in [4.69, 9.17) is 5.26 Å². The molecule has 0 spiro atoms. The smallest absolute Gasteiger partial charge is 0.150 e. The molecule has 0 saturated heterocycles. The summed E-state index contributed by atoms with van der Waals surface area (Å²) in [5, 5.41) is 8.76. The highest BCUT2D eigenvalue weighted by Crippen LogP contribution is 2.23. The molecule has 1 aromatic heterocycles. The summed E-state index contributed by atoms with van der Waals surface area (Å²) in [6, 6.07) is 13.1. The highest BCUT2D eigenvalue weighted by atomic mass is 32.2. The Labute approximate surface area is 109 Å². The number of hydrogen-bond donors (Lipinski definition) is 0. The average molecular weight is 254 g/mol. The number of nitriles is 1. The van der Waals surface area contributed by atoms with Crippen molar-refractivity contribution in [2.45, 2.75) is 10.6 Å². The predicted molar refractivity (Wildman–Crippen MR) is 70.3 cm³/mol. The molecule has 0 saturated carbocycles. The van der Waals surface area contributed by atoms with E-state index in [1.54, 1.807) is 30.1 Å². The fourth-order valence-corrected chi connectivity index (χ4v) is 2.38. The van der Waals surface area contributed by atoms with Crippen molar-refractivity contribution in [1.82, 2.24) is 4.98 Å². The summed E-state index contributed by atoms with van der Waals surface area (Å²) in [7, 11) is 0. The molecule has 0 bridgehead atoms. The molecule has 0 unspecified atom stereocenters. The number of thioether (sulfide) groups is 1. The Bertz CT molecular complexity index is 605. The second kappa shape index (κ2) is 5.99. The van der Waals surface area contributed by atoms with E-state index in [1.165, 1.54) is 0 Å². The number of hydrogen-bond acceptors (Lipinski definition) is 4. The van der Waals surface area contributed by atoms with E-state index in [9.17, 15) is 4.79 Å². The number of aldehydes is 1. The van der Waals surface area contributed by atoms with Gasteiger partial charge in [-0.2, -0.15) is 5.26 Å². The van der Waals surface area contributed by atoms with Crippen LogP contribution >= 0.6 is 11.8 Å². The number of carbonyl (C=O) groups is 1. The number of nitrogens with zero attached hydrogens (tertiary/aromatic N) is 2. The highest BCUT2D eigenvalue weighted by molar-refractivity contribution is 7.98. The molecule has 0 radical (unpaired) electrons. The Morgan fingerprint density at radius 3 is 3.00 bits per heavy atom. The van der Waals surface area contributed by atoms with Gasteiger partial charge in [0.1, 0.15) is 18.0 Å². The molecule has 0 N–H and O–H groups in total. The van der Waals surface area contributed by atoms with Gasteiger partial charge in [-0.05, 0) is 29.8 Å². The van der Waals surface area contributed by atoms with Gasteiger partial charge in [-0.1, -0.05) is 12.1 Å². The maximum atomic E-state index is 10.7. The third-order valence-corrected chi connectivity index (χ3v) is 3.40. The Morgan fingerprint density at radius 1 is 1.33 bits per heavy atom. The van der Waals surface area contributed by atoms with E-state index in [2.05, 4.69) is 4.98 Å². The Kier molecular flexibility index (Phi) is 4.11. The van der Waals surface area contributed by atoms with Gasteiger partial charge in [0.2, 0.25) is 0 Å². The molecule has 0 aliphatic rings. The molecule has 0 aliphatic heterocycles. The zero-order valence-corrected chi connectivity index (χ0v) is 10.4. The Hall–Kier alpha value is -2.12. The first-order valence-corrected chi connectivity index (χ1v) is 6.33. The first-order valence-electron chi connectivity index (χ1n) is 5.35. The topological polar surface area (TPSA) is 53.8 Å². The normalized spacial score (nSPS) is 9.72. The van der Waals surface area contributed by atoms with Gasteiger partial charge < -0.3 is 0 Å². The number of rotatable bonds is 4. The van der Waals surface area contributed by atoms with E-state index in [-0.39, 0.29) is 0 Å². The third-order valence-electron chi connectivity index (χ3n) is 2.34. The van der Waals surface area contributed by atoms with E-state index in [0.717, 1.165) is 22.5 Å². The first kappa shape index (κ1) is 12.3. The fourth-order valence-electron chi connectivity index (χ4n) is 1.47. The van der Waals surface area contributed by atoms with Crippen LogP contribution in [0, 0.1) is 11.3 Å². The van der Waals surface area contributed by atoms with Crippen LogP contribution in [0.5, 0.6) is 0 Å². The van der Waals surface area contributed by atoms with E-state index in [1.807, 2.05) is 30.3 Å². The molecule has 4 heteroatoms. The van der Waals surface area contributed by atoms with Crippen molar-refractivity contribution < 1.29 is 4.79 Å². The van der Waals surface area contributed by atoms with Crippen molar-refractivity contribution in [2.75, 3.05) is 0 Å². The monoisotopic (exact) mass is 254 g/mol. The van der Waals surface area contributed by atoms with Crippen molar-refractivity contribution in [3.8, 4) is 6.07 Å². The molecule has 88 valence electrons. The zero-order valence-electron chi connectivity index (χ0n) is 9.54. The maximum Gasteiger partial charge on any atom is 0.150 e. The van der Waals surface area contributed by atoms with Gasteiger partial charge in [0.15, 0.2) is 0 Å². The van der Waals surface area contributed by atoms with Crippen LogP contribution in [0.1, 0.15) is 21.6 Å². The minimum Gasteiger partial charge on any atom is -0.298 e. The third kappa shape index (κ3) is 3.19. The van der Waals surface area contributed by atoms with Crippen LogP contribution in [-0.4, -0.2) is 11.3 Å². The Balaban J connectivity index is 2.06. The fraction of sp³-hybridized carbons (Fsp3) is 0.0714. The summed E-state index contributed by atoms with van der Waals surface area (Å²) in [5.74, 6) is 0.750. The molecule has 1 aromatic carbocycles. The largest absolute Gasteiger partial charge is 0.298 e. The molecule has 0 amide bonds. The van der Waals surface area contributed by atoms with Gasteiger partial charge in [0.05, 0.1) is 0 Å². The van der Waals surface area contributed by atoms with Crippen LogP contribution in [0.2, 0.25) is 0 Å². The van der Waals surface area contributed by atoms with Crippen LogP contribution < -0.4 is 0 Å². The van der Waals surface area contributed by atoms with Gasteiger partial charge in [-0.3, -0.25) is 4.79 Å². The van der Waals surface area contributed by atoms with Gasteiger partial charge in [-0.25, -0.2) is 4.98 Å². The van der Waals surface area contributed by atoms with Crippen LogP contribution in [0.4, 0.5) is 0 Å². The second-order valence-electron chi connectivity index (χ2n) is 3.64. The van der Waals surface area contributed by atoms with Crippen molar-refractivity contribution >= 4 is 18.0 Å². The van der Waals surface area contributed by atoms with Gasteiger partial charge in [-0.15, -0.1) is 11.8 Å². The summed E-state index contributed by atoms with van der Waals surface area (Å²) >= 11 is 1.63. The van der Waals surface area contributed by atoms with Crippen molar-refractivity contribution in [3.05, 3.63) is 59.4 Å². The molecule has 0 fully saturated rings. The standard InChI is InChI=1S/C14H10N2OS/c15-8-13-6-12(4-5-16-13)10-18-14-3-1-2-11(7-14)9-17/h1-7,9H,10H2. The van der Waals surface area contributed by atoms with Crippen molar-refractivity contribution in [2.24, 2.45) is 0 Å². The minimum atomic E-state index is 0.426. The minimum absolute atomic E-state index is 0.426. The molecule has 0 atom stereocenters. The van der Waals surface area contributed by atoms with Crippen LogP contribution in [0.25, 0.3) is 0 Å². The number of carbonyl (C=O) groups excluding carboxylic acids is 1. The van der Waals surface area contributed by atoms with Gasteiger partial charge >= 0.3 is 0 Å². The second-order valence-corrected chi connectivity index (χ2v) is 4.69. The molecule has 2 aromatic rings. The average Bonchev–Trinajstić information content (AvgIpc) is 2.45. The molecule has 2 rings (SSSR count). The van der Waals surface area contributed by atoms with E-state index >= 15 is 0 Å². The first-order chi connectivity index (χ1) is 8.81. The number of aromatic nitrogens is 1. The quantitative estimate of drug-likeness (QED) is 0.621.